The van der Waals surface area contributed by atoms with E-state index in [1.807, 2.05) is 30.3 Å². The summed E-state index contributed by atoms with van der Waals surface area (Å²) in [6, 6.07) is 22.8. The Bertz CT molecular complexity index is 1360. The lowest BCUT2D eigenvalue weighted by molar-refractivity contribution is 0.0952. The van der Waals surface area contributed by atoms with Crippen LogP contribution in [-0.4, -0.2) is 24.3 Å². The van der Waals surface area contributed by atoms with E-state index >= 15 is 0 Å². The van der Waals surface area contributed by atoms with Crippen molar-refractivity contribution in [1.82, 2.24) is 5.43 Å². The van der Waals surface area contributed by atoms with E-state index in [1.165, 1.54) is 30.0 Å². The summed E-state index contributed by atoms with van der Waals surface area (Å²) in [5, 5.41) is 16.4. The van der Waals surface area contributed by atoms with Crippen molar-refractivity contribution in [3.63, 3.8) is 0 Å². The molecule has 172 valence electrons. The van der Waals surface area contributed by atoms with Crippen LogP contribution < -0.4 is 14.9 Å². The third kappa shape index (κ3) is 5.61. The van der Waals surface area contributed by atoms with Crippen molar-refractivity contribution >= 4 is 68.1 Å². The zero-order chi connectivity index (χ0) is 24.1. The first-order chi connectivity index (χ1) is 16.5. The van der Waals surface area contributed by atoms with Gasteiger partial charge in [-0.1, -0.05) is 42.5 Å². The van der Waals surface area contributed by atoms with E-state index in [1.54, 1.807) is 12.3 Å². The lowest BCUT2D eigenvalue weighted by Crippen LogP contribution is -2.17. The van der Waals surface area contributed by atoms with Crippen LogP contribution in [0.5, 0.6) is 17.2 Å². The van der Waals surface area contributed by atoms with Gasteiger partial charge in [0.2, 0.25) is 0 Å². The van der Waals surface area contributed by atoms with Gasteiger partial charge in [-0.3, -0.25) is 4.79 Å². The molecule has 0 spiro atoms. The molecule has 4 aromatic rings. The first kappa shape index (κ1) is 24.3. The fourth-order valence-corrected chi connectivity index (χ4v) is 5.54. The predicted octanol–water partition coefficient (Wildman–Crippen LogP) is 6.11. The van der Waals surface area contributed by atoms with Gasteiger partial charge in [-0.05, 0) is 91.3 Å². The van der Waals surface area contributed by atoms with Crippen molar-refractivity contribution < 1.29 is 19.4 Å². The Balaban J connectivity index is 1.44. The molecule has 0 aliphatic carbocycles. The molecule has 0 heterocycles. The molecule has 0 aliphatic heterocycles. The van der Waals surface area contributed by atoms with Gasteiger partial charge in [0.15, 0.2) is 0 Å². The highest BCUT2D eigenvalue weighted by molar-refractivity contribution is 14.1. The first-order valence-corrected chi connectivity index (χ1v) is 12.4. The first-order valence-electron chi connectivity index (χ1n) is 10.2. The van der Waals surface area contributed by atoms with E-state index in [0.29, 0.717) is 12.4 Å². The average molecular weight is 678 g/mol. The molecule has 0 aromatic heterocycles. The zero-order valence-electron chi connectivity index (χ0n) is 18.1. The van der Waals surface area contributed by atoms with E-state index in [2.05, 4.69) is 80.0 Å². The third-order valence-corrected chi connectivity index (χ3v) is 6.70. The van der Waals surface area contributed by atoms with Gasteiger partial charge in [-0.2, -0.15) is 5.10 Å². The quantitative estimate of drug-likeness (QED) is 0.141. The number of methoxy groups -OCH3 is 1. The minimum Gasteiger partial charge on any atom is -0.507 e. The van der Waals surface area contributed by atoms with Gasteiger partial charge in [0.1, 0.15) is 23.9 Å². The van der Waals surface area contributed by atoms with Crippen LogP contribution in [0, 0.1) is 7.14 Å². The number of nitrogens with zero attached hydrogens (tertiary/aromatic N) is 1. The van der Waals surface area contributed by atoms with Crippen LogP contribution in [0.4, 0.5) is 0 Å². The Morgan fingerprint density at radius 2 is 1.76 bits per heavy atom. The van der Waals surface area contributed by atoms with E-state index in [-0.39, 0.29) is 11.3 Å². The number of phenols is 1. The third-order valence-electron chi connectivity index (χ3n) is 5.10. The summed E-state index contributed by atoms with van der Waals surface area (Å²) in [4.78, 5) is 12.3. The Morgan fingerprint density at radius 3 is 2.50 bits per heavy atom. The van der Waals surface area contributed by atoms with Gasteiger partial charge in [-0.25, -0.2) is 5.43 Å². The lowest BCUT2D eigenvalue weighted by atomic mass is 10.1. The number of carbonyl (C=O) groups is 1. The second kappa shape index (κ2) is 11.0. The minimum atomic E-state index is -0.518. The van der Waals surface area contributed by atoms with Gasteiger partial charge < -0.3 is 14.6 Å². The summed E-state index contributed by atoms with van der Waals surface area (Å²) in [6.07, 6.45) is 1.55. The number of nitrogens with one attached hydrogen (secondary N) is 1. The van der Waals surface area contributed by atoms with E-state index in [9.17, 15) is 9.90 Å². The van der Waals surface area contributed by atoms with Crippen LogP contribution in [0.15, 0.2) is 77.9 Å². The number of carbonyl (C=O) groups excluding carboxylic acids is 1. The summed E-state index contributed by atoms with van der Waals surface area (Å²) >= 11 is 4.47. The molecule has 0 aliphatic rings. The molecule has 0 fully saturated rings. The molecular formula is C26H20I2N2O4. The number of rotatable bonds is 7. The van der Waals surface area contributed by atoms with Gasteiger partial charge in [0.25, 0.3) is 5.91 Å². The maximum atomic E-state index is 12.3. The summed E-state index contributed by atoms with van der Waals surface area (Å²) in [5.41, 5.74) is 4.48. The SMILES string of the molecule is COc1ccc(C(=O)N/N=C\c2cc(I)c(OCc3cccc4ccccc34)c(I)c2)c(O)c1. The number of phenolic OH excluding ortho intramolecular Hbond substituents is 1. The molecule has 4 rings (SSSR count). The fraction of sp³-hybridized carbons (Fsp3) is 0.0769. The lowest BCUT2D eigenvalue weighted by Gasteiger charge is -2.13. The molecule has 34 heavy (non-hydrogen) atoms. The summed E-state index contributed by atoms with van der Waals surface area (Å²) in [5.74, 6) is 0.572. The number of amides is 1. The minimum absolute atomic E-state index is 0.110. The number of fused-ring (bicyclic) bond motifs is 1. The largest absolute Gasteiger partial charge is 0.507 e. The molecule has 0 radical (unpaired) electrons. The number of ether oxygens (including phenoxy) is 2. The molecule has 0 bridgehead atoms. The van der Waals surface area contributed by atoms with Crippen molar-refractivity contribution in [2.45, 2.75) is 6.61 Å². The van der Waals surface area contributed by atoms with Crippen LogP contribution in [0.25, 0.3) is 10.8 Å². The van der Waals surface area contributed by atoms with E-state index < -0.39 is 5.91 Å². The molecule has 0 saturated heterocycles. The van der Waals surface area contributed by atoms with Crippen LogP contribution in [-0.2, 0) is 6.61 Å². The summed E-state index contributed by atoms with van der Waals surface area (Å²) < 4.78 is 13.1. The molecule has 8 heteroatoms. The smallest absolute Gasteiger partial charge is 0.275 e. The number of benzene rings is 4. The monoisotopic (exact) mass is 678 g/mol. The Morgan fingerprint density at radius 1 is 1.03 bits per heavy atom. The molecule has 6 nitrogen and oxygen atoms in total. The Kier molecular flexibility index (Phi) is 7.88. The van der Waals surface area contributed by atoms with Crippen molar-refractivity contribution in [1.29, 1.82) is 0 Å². The van der Waals surface area contributed by atoms with Gasteiger partial charge in [0, 0.05) is 6.07 Å². The molecule has 2 N–H and O–H groups in total. The number of halogens is 2. The summed E-state index contributed by atoms with van der Waals surface area (Å²) in [6.45, 7) is 0.461. The number of hydrogen-bond acceptors (Lipinski definition) is 5. The van der Waals surface area contributed by atoms with E-state index in [4.69, 9.17) is 9.47 Å². The van der Waals surface area contributed by atoms with Gasteiger partial charge >= 0.3 is 0 Å². The molecule has 0 saturated carbocycles. The maximum absolute atomic E-state index is 12.3. The second-order valence-corrected chi connectivity index (χ2v) is 9.65. The van der Waals surface area contributed by atoms with Gasteiger partial charge in [-0.15, -0.1) is 0 Å². The topological polar surface area (TPSA) is 80.2 Å². The number of hydrazone groups is 1. The zero-order valence-corrected chi connectivity index (χ0v) is 22.4. The molecule has 0 atom stereocenters. The Labute approximate surface area is 224 Å². The Hall–Kier alpha value is -2.86. The fourth-order valence-electron chi connectivity index (χ4n) is 3.42. The summed E-state index contributed by atoms with van der Waals surface area (Å²) in [7, 11) is 1.49. The van der Waals surface area contributed by atoms with Crippen LogP contribution in [0.2, 0.25) is 0 Å². The predicted molar refractivity (Wildman–Crippen MR) is 150 cm³/mol. The van der Waals surface area contributed by atoms with Crippen molar-refractivity contribution in [2.24, 2.45) is 5.10 Å². The second-order valence-electron chi connectivity index (χ2n) is 7.32. The highest BCUT2D eigenvalue weighted by atomic mass is 127. The van der Waals surface area contributed by atoms with E-state index in [0.717, 1.165) is 24.0 Å². The normalized spacial score (nSPS) is 11.0. The van der Waals surface area contributed by atoms with Gasteiger partial charge in [0.05, 0.1) is 26.0 Å². The van der Waals surface area contributed by atoms with Crippen LogP contribution in [0.1, 0.15) is 21.5 Å². The van der Waals surface area contributed by atoms with Crippen molar-refractivity contribution in [2.75, 3.05) is 7.11 Å². The standard InChI is InChI=1S/C26H20I2N2O4/c1-33-19-9-10-21(24(31)13-19)26(32)30-29-14-16-11-22(27)25(23(28)12-16)34-15-18-7-4-6-17-5-2-3-8-20(17)18/h2-14,31H,15H2,1H3,(H,30,32)/b29-14-. The molecule has 0 unspecified atom stereocenters. The molecular weight excluding hydrogens is 658 g/mol. The highest BCUT2D eigenvalue weighted by Gasteiger charge is 2.12. The number of aromatic hydroxyl groups is 1. The number of hydrogen-bond donors (Lipinski definition) is 2. The van der Waals surface area contributed by atoms with Crippen LogP contribution >= 0.6 is 45.2 Å². The molecule has 1 amide bonds. The maximum Gasteiger partial charge on any atom is 0.275 e. The van der Waals surface area contributed by atoms with Crippen molar-refractivity contribution in [3.8, 4) is 17.2 Å². The molecule has 4 aromatic carbocycles. The van der Waals surface area contributed by atoms with Crippen molar-refractivity contribution in [3.05, 3.63) is 96.6 Å². The van der Waals surface area contributed by atoms with Crippen LogP contribution in [0.3, 0.4) is 0 Å². The average Bonchev–Trinajstić information content (AvgIpc) is 2.83. The highest BCUT2D eigenvalue weighted by Crippen LogP contribution is 2.30.